The predicted octanol–water partition coefficient (Wildman–Crippen LogP) is 4.20. The van der Waals surface area contributed by atoms with Crippen molar-refractivity contribution in [1.29, 1.82) is 0 Å². The standard InChI is InChI=1S/C14H14BrClN2O3/c1-14(2,7-11(19)20)6-10-17-18-13(21-10)8-4-3-5-9(15)12(8)16/h3-5H,6-7H2,1-2H3,(H,19,20). The molecule has 0 aliphatic rings. The molecule has 1 heterocycles. The fourth-order valence-corrected chi connectivity index (χ4v) is 2.56. The Kier molecular flexibility index (Phi) is 4.68. The molecule has 1 aromatic heterocycles. The maximum absolute atomic E-state index is 10.8. The Morgan fingerprint density at radius 2 is 2.14 bits per heavy atom. The van der Waals surface area contributed by atoms with Gasteiger partial charge in [0.25, 0.3) is 0 Å². The summed E-state index contributed by atoms with van der Waals surface area (Å²) in [5.74, 6) is -0.135. The number of hydrogen-bond acceptors (Lipinski definition) is 4. The Balaban J connectivity index is 2.22. The molecule has 1 N–H and O–H groups in total. The first-order valence-electron chi connectivity index (χ1n) is 6.27. The Morgan fingerprint density at radius 1 is 1.43 bits per heavy atom. The number of halogens is 2. The highest BCUT2D eigenvalue weighted by molar-refractivity contribution is 9.10. The molecule has 0 radical (unpaired) electrons. The van der Waals surface area contributed by atoms with Gasteiger partial charge in [-0.05, 0) is 33.5 Å². The number of hydrogen-bond donors (Lipinski definition) is 1. The van der Waals surface area contributed by atoms with E-state index in [1.54, 1.807) is 6.07 Å². The molecule has 0 fully saturated rings. The first kappa shape index (κ1) is 16.0. The lowest BCUT2D eigenvalue weighted by Crippen LogP contribution is -2.19. The SMILES string of the molecule is CC(C)(CC(=O)O)Cc1nnc(-c2cccc(Br)c2Cl)o1. The quantitative estimate of drug-likeness (QED) is 0.850. The van der Waals surface area contributed by atoms with Crippen molar-refractivity contribution in [3.8, 4) is 11.5 Å². The van der Waals surface area contributed by atoms with Crippen molar-refractivity contribution in [2.24, 2.45) is 5.41 Å². The van der Waals surface area contributed by atoms with E-state index in [-0.39, 0.29) is 6.42 Å². The second-order valence-corrected chi connectivity index (χ2v) is 6.75. The molecule has 5 nitrogen and oxygen atoms in total. The van der Waals surface area contributed by atoms with Gasteiger partial charge in [-0.1, -0.05) is 31.5 Å². The van der Waals surface area contributed by atoms with Crippen LogP contribution in [0.4, 0.5) is 0 Å². The summed E-state index contributed by atoms with van der Waals surface area (Å²) >= 11 is 9.53. The van der Waals surface area contributed by atoms with Crippen LogP contribution in [0, 0.1) is 5.41 Å². The molecule has 0 aliphatic carbocycles. The molecule has 0 aliphatic heterocycles. The summed E-state index contributed by atoms with van der Waals surface area (Å²) in [5, 5.41) is 17.3. The Morgan fingerprint density at radius 3 is 2.81 bits per heavy atom. The third-order valence-electron chi connectivity index (χ3n) is 2.91. The third-order valence-corrected chi connectivity index (χ3v) is 4.20. The van der Waals surface area contributed by atoms with E-state index in [4.69, 9.17) is 21.1 Å². The zero-order valence-corrected chi connectivity index (χ0v) is 13.9. The van der Waals surface area contributed by atoms with E-state index in [9.17, 15) is 4.79 Å². The number of aliphatic carboxylic acids is 1. The van der Waals surface area contributed by atoms with Crippen LogP contribution in [0.25, 0.3) is 11.5 Å². The lowest BCUT2D eigenvalue weighted by Gasteiger charge is -2.19. The fourth-order valence-electron chi connectivity index (χ4n) is 1.98. The Hall–Kier alpha value is -1.40. The van der Waals surface area contributed by atoms with E-state index in [2.05, 4.69) is 26.1 Å². The van der Waals surface area contributed by atoms with Gasteiger partial charge in [0.2, 0.25) is 11.8 Å². The van der Waals surface area contributed by atoms with Gasteiger partial charge in [0.05, 0.1) is 17.0 Å². The molecular formula is C14H14BrClN2O3. The molecule has 2 rings (SSSR count). The van der Waals surface area contributed by atoms with E-state index in [1.807, 2.05) is 26.0 Å². The smallest absolute Gasteiger partial charge is 0.303 e. The summed E-state index contributed by atoms with van der Waals surface area (Å²) in [6, 6.07) is 5.43. The topological polar surface area (TPSA) is 76.2 Å². The van der Waals surface area contributed by atoms with Crippen molar-refractivity contribution < 1.29 is 14.3 Å². The molecule has 0 amide bonds. The maximum Gasteiger partial charge on any atom is 0.303 e. The summed E-state index contributed by atoms with van der Waals surface area (Å²) in [6.45, 7) is 3.69. The first-order chi connectivity index (χ1) is 9.78. The van der Waals surface area contributed by atoms with Crippen molar-refractivity contribution >= 4 is 33.5 Å². The van der Waals surface area contributed by atoms with Gasteiger partial charge in [0.15, 0.2) is 0 Å². The zero-order valence-electron chi connectivity index (χ0n) is 11.6. The molecule has 0 saturated carbocycles. The van der Waals surface area contributed by atoms with E-state index in [0.717, 1.165) is 4.47 Å². The minimum absolute atomic E-state index is 0.0301. The van der Waals surface area contributed by atoms with Gasteiger partial charge >= 0.3 is 5.97 Å². The summed E-state index contributed by atoms with van der Waals surface area (Å²) in [4.78, 5) is 10.8. The molecule has 0 spiro atoms. The highest BCUT2D eigenvalue weighted by Gasteiger charge is 2.25. The van der Waals surface area contributed by atoms with E-state index < -0.39 is 11.4 Å². The highest BCUT2D eigenvalue weighted by Crippen LogP contribution is 2.33. The van der Waals surface area contributed by atoms with Gasteiger partial charge in [-0.25, -0.2) is 0 Å². The third kappa shape index (κ3) is 4.04. The summed E-state index contributed by atoms with van der Waals surface area (Å²) < 4.78 is 6.35. The average molecular weight is 374 g/mol. The van der Waals surface area contributed by atoms with Gasteiger partial charge in [-0.2, -0.15) is 0 Å². The molecule has 1 aromatic carbocycles. The minimum atomic E-state index is -0.852. The van der Waals surface area contributed by atoms with E-state index in [0.29, 0.717) is 28.8 Å². The molecular weight excluding hydrogens is 360 g/mol. The van der Waals surface area contributed by atoms with Crippen molar-refractivity contribution in [2.75, 3.05) is 0 Å². The normalized spacial score (nSPS) is 11.6. The maximum atomic E-state index is 10.8. The second kappa shape index (κ2) is 6.15. The Bertz CT molecular complexity index is 670. The van der Waals surface area contributed by atoms with E-state index >= 15 is 0 Å². The number of rotatable bonds is 5. The van der Waals surface area contributed by atoms with Crippen LogP contribution in [0.1, 0.15) is 26.2 Å². The van der Waals surface area contributed by atoms with Gasteiger partial charge in [0, 0.05) is 10.9 Å². The van der Waals surface area contributed by atoms with Gasteiger partial charge in [0.1, 0.15) is 0 Å². The lowest BCUT2D eigenvalue weighted by molar-refractivity contribution is -0.139. The summed E-state index contributed by atoms with van der Waals surface area (Å²) in [5.41, 5.74) is 0.178. The molecule has 0 unspecified atom stereocenters. The van der Waals surface area contributed by atoms with Gasteiger partial charge in [-0.15, -0.1) is 10.2 Å². The number of aromatic nitrogens is 2. The van der Waals surface area contributed by atoms with Crippen molar-refractivity contribution in [1.82, 2.24) is 10.2 Å². The zero-order chi connectivity index (χ0) is 15.6. The van der Waals surface area contributed by atoms with Crippen molar-refractivity contribution in [2.45, 2.75) is 26.7 Å². The number of carboxylic acid groups (broad SMARTS) is 1. The minimum Gasteiger partial charge on any atom is -0.481 e. The first-order valence-corrected chi connectivity index (χ1v) is 7.44. The van der Waals surface area contributed by atoms with Crippen molar-refractivity contribution in [3.05, 3.63) is 33.6 Å². The molecule has 2 aromatic rings. The Labute approximate surface area is 135 Å². The number of nitrogens with zero attached hydrogens (tertiary/aromatic N) is 2. The number of carbonyl (C=O) groups is 1. The van der Waals surface area contributed by atoms with E-state index in [1.165, 1.54) is 0 Å². The fraction of sp³-hybridized carbons (Fsp3) is 0.357. The number of benzene rings is 1. The molecule has 7 heteroatoms. The second-order valence-electron chi connectivity index (χ2n) is 5.51. The highest BCUT2D eigenvalue weighted by atomic mass is 79.9. The molecule has 0 saturated heterocycles. The molecule has 21 heavy (non-hydrogen) atoms. The summed E-state index contributed by atoms with van der Waals surface area (Å²) in [7, 11) is 0. The monoisotopic (exact) mass is 372 g/mol. The molecule has 112 valence electrons. The van der Waals surface area contributed by atoms with Crippen LogP contribution in [0.15, 0.2) is 27.1 Å². The summed E-state index contributed by atoms with van der Waals surface area (Å²) in [6.07, 6.45) is 0.417. The lowest BCUT2D eigenvalue weighted by atomic mass is 9.86. The largest absolute Gasteiger partial charge is 0.481 e. The average Bonchev–Trinajstić information content (AvgIpc) is 2.78. The van der Waals surface area contributed by atoms with Crippen LogP contribution in [0.2, 0.25) is 5.02 Å². The molecule has 0 bridgehead atoms. The van der Waals surface area contributed by atoms with Crippen LogP contribution in [-0.2, 0) is 11.2 Å². The predicted molar refractivity (Wildman–Crippen MR) is 82.2 cm³/mol. The van der Waals surface area contributed by atoms with Gasteiger partial charge in [-0.3, -0.25) is 4.79 Å². The van der Waals surface area contributed by atoms with Gasteiger partial charge < -0.3 is 9.52 Å². The van der Waals surface area contributed by atoms with Crippen LogP contribution in [0.3, 0.4) is 0 Å². The van der Waals surface area contributed by atoms with Crippen LogP contribution in [0.5, 0.6) is 0 Å². The van der Waals surface area contributed by atoms with Crippen LogP contribution >= 0.6 is 27.5 Å². The van der Waals surface area contributed by atoms with Crippen molar-refractivity contribution in [3.63, 3.8) is 0 Å². The molecule has 0 atom stereocenters. The number of carboxylic acids is 1. The van der Waals surface area contributed by atoms with Crippen LogP contribution in [-0.4, -0.2) is 21.3 Å². The van der Waals surface area contributed by atoms with Crippen LogP contribution < -0.4 is 0 Å².